The highest BCUT2D eigenvalue weighted by atomic mass is 15.4. The van der Waals surface area contributed by atoms with Crippen LogP contribution in [0, 0.1) is 0 Å². The average molecular weight is 465 g/mol. The summed E-state index contributed by atoms with van der Waals surface area (Å²) in [5, 5.41) is 0. The second-order valence-electron chi connectivity index (χ2n) is 12.2. The molecule has 2 rings (SSSR count). The van der Waals surface area contributed by atoms with Gasteiger partial charge in [-0.2, -0.15) is 0 Å². The van der Waals surface area contributed by atoms with E-state index < -0.39 is 0 Å². The van der Waals surface area contributed by atoms with E-state index in [1.165, 1.54) is 196 Å². The topological polar surface area (TPSA) is 0 Å². The molecule has 0 atom stereocenters. The molecule has 0 saturated carbocycles. The van der Waals surface area contributed by atoms with Gasteiger partial charge in [0.05, 0.1) is 52.4 Å². The van der Waals surface area contributed by atoms with E-state index in [1.807, 2.05) is 0 Å². The standard InChI is InChI=1S/C31H64N2/c1-3-5-7-9-11-13-15-17-24-32(26-19-20-27-32)30-23-31-33(28-21-22-29-33)25-18-16-14-12-10-8-6-4-2/h3-31H2,1-2H3/q+2. The summed E-state index contributed by atoms with van der Waals surface area (Å²) in [4.78, 5) is 0. The number of nitrogens with zero attached hydrogens (tertiary/aromatic N) is 2. The maximum Gasteiger partial charge on any atom is 0.0841 e. The first-order valence-electron chi connectivity index (χ1n) is 15.9. The fraction of sp³-hybridized carbons (Fsp3) is 1.00. The monoisotopic (exact) mass is 465 g/mol. The molecule has 0 aromatic rings. The van der Waals surface area contributed by atoms with Crippen LogP contribution in [0.2, 0.25) is 0 Å². The molecule has 0 spiro atoms. The Hall–Kier alpha value is -0.0800. The zero-order valence-electron chi connectivity index (χ0n) is 23.4. The largest absolute Gasteiger partial charge is 0.323 e. The van der Waals surface area contributed by atoms with Gasteiger partial charge in [-0.15, -0.1) is 0 Å². The molecule has 0 aliphatic carbocycles. The lowest BCUT2D eigenvalue weighted by atomic mass is 10.1. The van der Waals surface area contributed by atoms with Gasteiger partial charge in [-0.25, -0.2) is 0 Å². The quantitative estimate of drug-likeness (QED) is 0.111. The van der Waals surface area contributed by atoms with Gasteiger partial charge < -0.3 is 8.97 Å². The summed E-state index contributed by atoms with van der Waals surface area (Å²) < 4.78 is 2.99. The van der Waals surface area contributed by atoms with Crippen molar-refractivity contribution in [2.45, 2.75) is 149 Å². The van der Waals surface area contributed by atoms with Crippen LogP contribution in [0.3, 0.4) is 0 Å². The summed E-state index contributed by atoms with van der Waals surface area (Å²) in [5.41, 5.74) is 0. The van der Waals surface area contributed by atoms with Crippen molar-refractivity contribution in [1.29, 1.82) is 0 Å². The average Bonchev–Trinajstić information content (AvgIpc) is 3.48. The van der Waals surface area contributed by atoms with Gasteiger partial charge in [-0.05, 0) is 25.7 Å². The van der Waals surface area contributed by atoms with Crippen LogP contribution in [0.25, 0.3) is 0 Å². The minimum atomic E-state index is 1.37. The van der Waals surface area contributed by atoms with Gasteiger partial charge in [0.15, 0.2) is 0 Å². The van der Waals surface area contributed by atoms with Crippen LogP contribution in [0.15, 0.2) is 0 Å². The summed E-state index contributed by atoms with van der Waals surface area (Å²) in [6.45, 7) is 16.6. The van der Waals surface area contributed by atoms with Crippen LogP contribution in [0.1, 0.15) is 149 Å². The van der Waals surface area contributed by atoms with Crippen LogP contribution in [0.4, 0.5) is 0 Å². The Morgan fingerprint density at radius 1 is 0.333 bits per heavy atom. The lowest BCUT2D eigenvalue weighted by molar-refractivity contribution is -0.935. The molecule has 2 heteroatoms. The molecule has 2 fully saturated rings. The molecule has 2 saturated heterocycles. The van der Waals surface area contributed by atoms with Crippen molar-refractivity contribution in [2.75, 3.05) is 52.4 Å². The lowest BCUT2D eigenvalue weighted by Gasteiger charge is -2.38. The highest BCUT2D eigenvalue weighted by Gasteiger charge is 2.35. The fourth-order valence-electron chi connectivity index (χ4n) is 7.03. The maximum absolute atomic E-state index is 2.32. The van der Waals surface area contributed by atoms with Gasteiger partial charge in [-0.3, -0.25) is 0 Å². The Labute approximate surface area is 210 Å². The van der Waals surface area contributed by atoms with Gasteiger partial charge in [0, 0.05) is 32.1 Å². The van der Waals surface area contributed by atoms with Gasteiger partial charge in [0.1, 0.15) is 0 Å². The van der Waals surface area contributed by atoms with E-state index in [0.29, 0.717) is 0 Å². The minimum absolute atomic E-state index is 1.37. The summed E-state index contributed by atoms with van der Waals surface area (Å²) in [6.07, 6.45) is 30.9. The smallest absolute Gasteiger partial charge is 0.0841 e. The van der Waals surface area contributed by atoms with Gasteiger partial charge in [0.2, 0.25) is 0 Å². The molecule has 0 bridgehead atoms. The van der Waals surface area contributed by atoms with E-state index in [4.69, 9.17) is 0 Å². The molecule has 0 radical (unpaired) electrons. The Bertz CT molecular complexity index is 394. The molecule has 0 amide bonds. The predicted octanol–water partition coefficient (Wildman–Crippen LogP) is 8.88. The van der Waals surface area contributed by atoms with Crippen molar-refractivity contribution < 1.29 is 8.97 Å². The molecule has 0 aromatic heterocycles. The van der Waals surface area contributed by atoms with E-state index in [0.717, 1.165) is 0 Å². The SMILES string of the molecule is CCCCCCCCCC[N+]1(CCC[N+]2(CCCCCCCCCC)CCCC2)CCCC1. The molecule has 2 nitrogen and oxygen atoms in total. The third-order valence-corrected chi connectivity index (χ3v) is 9.27. The Morgan fingerprint density at radius 3 is 0.939 bits per heavy atom. The Balaban J connectivity index is 1.61. The molecule has 2 aliphatic rings. The maximum atomic E-state index is 2.32. The molecule has 2 aliphatic heterocycles. The molecular weight excluding hydrogens is 400 g/mol. The second-order valence-corrected chi connectivity index (χ2v) is 12.2. The molecule has 0 unspecified atom stereocenters. The summed E-state index contributed by atoms with van der Waals surface area (Å²) in [7, 11) is 0. The van der Waals surface area contributed by atoms with Crippen molar-refractivity contribution in [2.24, 2.45) is 0 Å². The first-order chi connectivity index (χ1) is 16.2. The highest BCUT2D eigenvalue weighted by molar-refractivity contribution is 4.60. The Morgan fingerprint density at radius 2 is 0.606 bits per heavy atom. The first kappa shape index (κ1) is 29.2. The van der Waals surface area contributed by atoms with Crippen LogP contribution in [-0.4, -0.2) is 61.3 Å². The summed E-state index contributed by atoms with van der Waals surface area (Å²) in [6, 6.07) is 0. The number of rotatable bonds is 22. The second kappa shape index (κ2) is 18.2. The third kappa shape index (κ3) is 12.4. The normalized spacial score (nSPS) is 19.5. The fourth-order valence-corrected chi connectivity index (χ4v) is 7.03. The van der Waals surface area contributed by atoms with Gasteiger partial charge in [-0.1, -0.05) is 90.9 Å². The number of hydrogen-bond acceptors (Lipinski definition) is 0. The van der Waals surface area contributed by atoms with Crippen LogP contribution in [-0.2, 0) is 0 Å². The molecule has 196 valence electrons. The number of unbranched alkanes of at least 4 members (excludes halogenated alkanes) is 14. The number of quaternary nitrogens is 2. The van der Waals surface area contributed by atoms with E-state index in [1.54, 1.807) is 0 Å². The number of hydrogen-bond donors (Lipinski definition) is 0. The molecule has 33 heavy (non-hydrogen) atoms. The van der Waals surface area contributed by atoms with E-state index in [2.05, 4.69) is 13.8 Å². The zero-order valence-corrected chi connectivity index (χ0v) is 23.4. The third-order valence-electron chi connectivity index (χ3n) is 9.27. The van der Waals surface area contributed by atoms with E-state index >= 15 is 0 Å². The number of likely N-dealkylation sites (tertiary alicyclic amines) is 2. The molecule has 0 N–H and O–H groups in total. The molecular formula is C31H64N2+2. The highest BCUT2D eigenvalue weighted by Crippen LogP contribution is 2.26. The van der Waals surface area contributed by atoms with Crippen LogP contribution >= 0.6 is 0 Å². The minimum Gasteiger partial charge on any atom is -0.323 e. The Kier molecular flexibility index (Phi) is 16.1. The molecule has 2 heterocycles. The van der Waals surface area contributed by atoms with Crippen molar-refractivity contribution in [3.8, 4) is 0 Å². The first-order valence-corrected chi connectivity index (χ1v) is 15.9. The van der Waals surface area contributed by atoms with Crippen molar-refractivity contribution in [1.82, 2.24) is 0 Å². The van der Waals surface area contributed by atoms with Crippen molar-refractivity contribution in [3.05, 3.63) is 0 Å². The van der Waals surface area contributed by atoms with Crippen molar-refractivity contribution in [3.63, 3.8) is 0 Å². The summed E-state index contributed by atoms with van der Waals surface area (Å²) in [5.74, 6) is 0. The molecule has 0 aromatic carbocycles. The van der Waals surface area contributed by atoms with Gasteiger partial charge >= 0.3 is 0 Å². The van der Waals surface area contributed by atoms with Gasteiger partial charge in [0.25, 0.3) is 0 Å². The van der Waals surface area contributed by atoms with Crippen LogP contribution in [0.5, 0.6) is 0 Å². The lowest BCUT2D eigenvalue weighted by Crippen LogP contribution is -2.51. The summed E-state index contributed by atoms with van der Waals surface area (Å²) >= 11 is 0. The van der Waals surface area contributed by atoms with Crippen molar-refractivity contribution >= 4 is 0 Å². The van der Waals surface area contributed by atoms with E-state index in [-0.39, 0.29) is 0 Å². The van der Waals surface area contributed by atoms with E-state index in [9.17, 15) is 0 Å². The zero-order chi connectivity index (χ0) is 23.5. The van der Waals surface area contributed by atoms with Crippen LogP contribution < -0.4 is 0 Å². The predicted molar refractivity (Wildman–Crippen MR) is 148 cm³/mol.